The van der Waals surface area contributed by atoms with E-state index in [2.05, 4.69) is 19.2 Å². The number of nitrogens with two attached hydrogens (primary N) is 1. The fourth-order valence-corrected chi connectivity index (χ4v) is 3.28. The maximum absolute atomic E-state index is 6.09. The first-order valence-corrected chi connectivity index (χ1v) is 8.98. The van der Waals surface area contributed by atoms with Gasteiger partial charge in [-0.3, -0.25) is 0 Å². The summed E-state index contributed by atoms with van der Waals surface area (Å²) in [6.07, 6.45) is 2.15. The fourth-order valence-electron chi connectivity index (χ4n) is 1.96. The molecule has 21 heavy (non-hydrogen) atoms. The van der Waals surface area contributed by atoms with Gasteiger partial charge in [-0.2, -0.15) is 0 Å². The predicted octanol–water partition coefficient (Wildman–Crippen LogP) is 5.70. The minimum atomic E-state index is -0.0772. The molecule has 1 unspecified atom stereocenters. The lowest BCUT2D eigenvalue weighted by Gasteiger charge is -2.10. The summed E-state index contributed by atoms with van der Waals surface area (Å²) in [5, 5.41) is 4.49. The van der Waals surface area contributed by atoms with E-state index in [1.54, 1.807) is 11.8 Å². The van der Waals surface area contributed by atoms with Gasteiger partial charge in [0, 0.05) is 10.6 Å². The molecule has 1 aromatic rings. The highest BCUT2D eigenvalue weighted by Crippen LogP contribution is 2.40. The van der Waals surface area contributed by atoms with Gasteiger partial charge in [-0.25, -0.2) is 0 Å². The fraction of sp³-hybridized carbons (Fsp3) is 0.500. The van der Waals surface area contributed by atoms with Crippen molar-refractivity contribution in [3.8, 4) is 0 Å². The summed E-state index contributed by atoms with van der Waals surface area (Å²) in [7, 11) is 0. The Labute approximate surface area is 142 Å². The summed E-state index contributed by atoms with van der Waals surface area (Å²) in [5.74, 6) is 0.672. The normalized spacial score (nSPS) is 17.6. The molecule has 0 radical (unpaired) electrons. The Morgan fingerprint density at radius 3 is 2.48 bits per heavy atom. The van der Waals surface area contributed by atoms with Gasteiger partial charge in [0.25, 0.3) is 0 Å². The van der Waals surface area contributed by atoms with Gasteiger partial charge in [0.2, 0.25) is 0 Å². The van der Waals surface area contributed by atoms with Crippen LogP contribution in [0.4, 0.5) is 0 Å². The molecule has 0 fully saturated rings. The zero-order valence-electron chi connectivity index (χ0n) is 13.0. The van der Waals surface area contributed by atoms with Crippen LogP contribution in [0.15, 0.2) is 23.9 Å². The topological polar surface area (TPSA) is 38.0 Å². The molecule has 0 aliphatic carbocycles. The molecular formula is C16H24Cl2N2S. The molecule has 0 saturated carbocycles. The monoisotopic (exact) mass is 346 g/mol. The van der Waals surface area contributed by atoms with Gasteiger partial charge >= 0.3 is 0 Å². The Kier molecular flexibility index (Phi) is 7.96. The summed E-state index contributed by atoms with van der Waals surface area (Å²) in [6, 6.07) is 5.73. The molecule has 1 aliphatic rings. The molecule has 2 rings (SSSR count). The van der Waals surface area contributed by atoms with Crippen LogP contribution in [0.25, 0.3) is 4.91 Å². The molecule has 0 saturated heterocycles. The SMILES string of the molecule is CC.CC(C)CCC1=C(c2ccc(Cl)c(Cl)c2)SC(N)N1. The lowest BCUT2D eigenvalue weighted by Crippen LogP contribution is -2.29. The van der Waals surface area contributed by atoms with Crippen molar-refractivity contribution in [2.45, 2.75) is 46.0 Å². The summed E-state index contributed by atoms with van der Waals surface area (Å²) in [4.78, 5) is 1.19. The van der Waals surface area contributed by atoms with Crippen molar-refractivity contribution < 1.29 is 0 Å². The first kappa shape index (κ1) is 18.7. The van der Waals surface area contributed by atoms with Crippen molar-refractivity contribution in [2.24, 2.45) is 11.7 Å². The quantitative estimate of drug-likeness (QED) is 0.733. The molecule has 1 aliphatic heterocycles. The smallest absolute Gasteiger partial charge is 0.127 e. The number of hydrogen-bond donors (Lipinski definition) is 2. The lowest BCUT2D eigenvalue weighted by atomic mass is 10.0. The molecule has 1 atom stereocenters. The minimum Gasteiger partial charge on any atom is -0.364 e. The third kappa shape index (κ3) is 5.41. The second kappa shape index (κ2) is 8.94. The summed E-state index contributed by atoms with van der Waals surface area (Å²) >= 11 is 13.7. The van der Waals surface area contributed by atoms with Crippen LogP contribution in [0.5, 0.6) is 0 Å². The Morgan fingerprint density at radius 2 is 1.90 bits per heavy atom. The van der Waals surface area contributed by atoms with E-state index >= 15 is 0 Å². The molecule has 1 heterocycles. The van der Waals surface area contributed by atoms with Crippen LogP contribution in [0.1, 0.15) is 46.1 Å². The van der Waals surface area contributed by atoms with Gasteiger partial charge in [-0.05, 0) is 36.5 Å². The summed E-state index contributed by atoms with van der Waals surface area (Å²) < 4.78 is 0. The second-order valence-corrected chi connectivity index (χ2v) is 7.02. The Morgan fingerprint density at radius 1 is 1.24 bits per heavy atom. The maximum Gasteiger partial charge on any atom is 0.127 e. The van der Waals surface area contributed by atoms with E-state index < -0.39 is 0 Å². The van der Waals surface area contributed by atoms with Crippen LogP contribution in [-0.2, 0) is 0 Å². The Balaban J connectivity index is 0.00000106. The van der Waals surface area contributed by atoms with E-state index in [1.807, 2.05) is 32.0 Å². The summed E-state index contributed by atoms with van der Waals surface area (Å²) in [5.41, 5.74) is 8.20. The molecular weight excluding hydrogens is 323 g/mol. The first-order valence-electron chi connectivity index (χ1n) is 7.34. The number of nitrogens with one attached hydrogen (secondary N) is 1. The van der Waals surface area contributed by atoms with E-state index in [0.717, 1.165) is 18.4 Å². The van der Waals surface area contributed by atoms with Gasteiger partial charge in [-0.15, -0.1) is 0 Å². The van der Waals surface area contributed by atoms with E-state index in [0.29, 0.717) is 16.0 Å². The lowest BCUT2D eigenvalue weighted by molar-refractivity contribution is 0.568. The van der Waals surface area contributed by atoms with Gasteiger partial charge in [0.05, 0.1) is 10.0 Å². The van der Waals surface area contributed by atoms with Crippen LogP contribution in [0.2, 0.25) is 10.0 Å². The van der Waals surface area contributed by atoms with Gasteiger partial charge in [-0.1, -0.05) is 68.7 Å². The van der Waals surface area contributed by atoms with Crippen LogP contribution in [-0.4, -0.2) is 5.50 Å². The van der Waals surface area contributed by atoms with Gasteiger partial charge in [0.1, 0.15) is 5.50 Å². The predicted molar refractivity (Wildman–Crippen MR) is 97.5 cm³/mol. The third-order valence-corrected chi connectivity index (χ3v) is 4.82. The molecule has 0 aromatic heterocycles. The van der Waals surface area contributed by atoms with Crippen LogP contribution in [0.3, 0.4) is 0 Å². The average molecular weight is 347 g/mol. The zero-order chi connectivity index (χ0) is 16.0. The van der Waals surface area contributed by atoms with Crippen LogP contribution >= 0.6 is 35.0 Å². The zero-order valence-corrected chi connectivity index (χ0v) is 15.4. The van der Waals surface area contributed by atoms with E-state index in [1.165, 1.54) is 10.6 Å². The molecule has 0 amide bonds. The van der Waals surface area contributed by atoms with Gasteiger partial charge in [0.15, 0.2) is 0 Å². The van der Waals surface area contributed by atoms with Crippen LogP contribution in [0, 0.1) is 5.92 Å². The van der Waals surface area contributed by atoms with E-state index in [9.17, 15) is 0 Å². The third-order valence-electron chi connectivity index (χ3n) is 2.99. The van der Waals surface area contributed by atoms with Crippen LogP contribution < -0.4 is 11.1 Å². The Bertz CT molecular complexity index is 501. The minimum absolute atomic E-state index is 0.0772. The number of benzene rings is 1. The Hall–Kier alpha value is -0.350. The largest absolute Gasteiger partial charge is 0.364 e. The molecule has 3 N–H and O–H groups in total. The molecule has 118 valence electrons. The first-order chi connectivity index (χ1) is 9.97. The highest BCUT2D eigenvalue weighted by atomic mass is 35.5. The number of rotatable bonds is 4. The standard InChI is InChI=1S/C14H18Cl2N2S.C2H6/c1-8(2)3-6-12-13(19-14(17)18-12)9-4-5-10(15)11(16)7-9;1-2/h4-5,7-8,14,18H,3,6,17H2,1-2H3;1-2H3. The number of thioether (sulfide) groups is 1. The highest BCUT2D eigenvalue weighted by molar-refractivity contribution is 8.09. The van der Waals surface area contributed by atoms with Crippen molar-refractivity contribution in [3.63, 3.8) is 0 Å². The molecule has 0 spiro atoms. The molecule has 1 aromatic carbocycles. The average Bonchev–Trinajstić information content (AvgIpc) is 2.83. The second-order valence-electron chi connectivity index (χ2n) is 5.05. The van der Waals surface area contributed by atoms with Crippen molar-refractivity contribution >= 4 is 39.9 Å². The van der Waals surface area contributed by atoms with Crippen molar-refractivity contribution in [1.29, 1.82) is 0 Å². The molecule has 0 bridgehead atoms. The van der Waals surface area contributed by atoms with E-state index in [-0.39, 0.29) is 5.50 Å². The van der Waals surface area contributed by atoms with Crippen molar-refractivity contribution in [3.05, 3.63) is 39.5 Å². The highest BCUT2D eigenvalue weighted by Gasteiger charge is 2.22. The summed E-state index contributed by atoms with van der Waals surface area (Å²) in [6.45, 7) is 8.45. The van der Waals surface area contributed by atoms with Gasteiger partial charge < -0.3 is 11.1 Å². The number of allylic oxidation sites excluding steroid dienone is 1. The van der Waals surface area contributed by atoms with Crippen molar-refractivity contribution in [2.75, 3.05) is 0 Å². The van der Waals surface area contributed by atoms with Crippen molar-refractivity contribution in [1.82, 2.24) is 5.32 Å². The molecule has 5 heteroatoms. The maximum atomic E-state index is 6.09. The number of hydrogen-bond acceptors (Lipinski definition) is 3. The van der Waals surface area contributed by atoms with E-state index in [4.69, 9.17) is 28.9 Å². The number of halogens is 2. The molecule has 2 nitrogen and oxygen atoms in total.